The molecule has 1 aromatic carbocycles. The fourth-order valence-electron chi connectivity index (χ4n) is 4.02. The van der Waals surface area contributed by atoms with E-state index in [4.69, 9.17) is 4.74 Å². The molecule has 2 atom stereocenters. The lowest BCUT2D eigenvalue weighted by atomic mass is 10.0. The molecule has 13 nitrogen and oxygen atoms in total. The number of thiophene rings is 1. The predicted molar refractivity (Wildman–Crippen MR) is 142 cm³/mol. The Morgan fingerprint density at radius 2 is 1.88 bits per heavy atom. The van der Waals surface area contributed by atoms with Gasteiger partial charge in [-0.1, -0.05) is 18.2 Å². The Morgan fingerprint density at radius 1 is 1.12 bits per heavy atom. The number of nitrogens with one attached hydrogen (secondary N) is 2. The highest BCUT2D eigenvalue weighted by molar-refractivity contribution is 8.00. The van der Waals surface area contributed by atoms with Crippen LogP contribution < -0.4 is 10.0 Å². The molecule has 4 rings (SSSR count). The summed E-state index contributed by atoms with van der Waals surface area (Å²) in [6, 6.07) is 7.67. The molecule has 1 fully saturated rings. The number of carboxylic acids is 1. The van der Waals surface area contributed by atoms with E-state index in [9.17, 15) is 37.5 Å². The lowest BCUT2D eigenvalue weighted by molar-refractivity contribution is -0.150. The van der Waals surface area contributed by atoms with Gasteiger partial charge in [-0.2, -0.15) is 0 Å². The number of β-lactam (4-membered cyclic amide) rings is 1. The van der Waals surface area contributed by atoms with Gasteiger partial charge in [0.15, 0.2) is 0 Å². The minimum absolute atomic E-state index is 0.0744. The van der Waals surface area contributed by atoms with E-state index >= 15 is 0 Å². The largest absolute Gasteiger partial charge is 0.477 e. The van der Waals surface area contributed by atoms with Crippen molar-refractivity contribution in [1.29, 1.82) is 0 Å². The fraction of sp³-hybridized carbons (Fsp3) is 0.292. The fourth-order valence-corrected chi connectivity index (χ4v) is 7.13. The molecule has 1 saturated heterocycles. The van der Waals surface area contributed by atoms with Gasteiger partial charge in [0.1, 0.15) is 28.6 Å². The summed E-state index contributed by atoms with van der Waals surface area (Å²) in [5.41, 5.74) is -0.648. The van der Waals surface area contributed by atoms with Crippen LogP contribution in [0.2, 0.25) is 0 Å². The normalized spacial score (nSPS) is 18.3. The lowest BCUT2D eigenvalue weighted by Crippen LogP contribution is -2.70. The van der Waals surface area contributed by atoms with Crippen molar-refractivity contribution in [2.24, 2.45) is 0 Å². The van der Waals surface area contributed by atoms with Crippen molar-refractivity contribution in [3.8, 4) is 0 Å². The number of thioether (sulfide) groups is 1. The number of benzene rings is 1. The summed E-state index contributed by atoms with van der Waals surface area (Å²) in [5.74, 6) is -3.42. The van der Waals surface area contributed by atoms with Crippen molar-refractivity contribution in [3.05, 3.63) is 63.5 Å². The first-order chi connectivity index (χ1) is 19.0. The van der Waals surface area contributed by atoms with Crippen LogP contribution in [0.5, 0.6) is 0 Å². The number of ether oxygens (including phenoxy) is 2. The number of carbonyl (C=O) groups excluding carboxylic acids is 4. The SMILES string of the molecule is CCOC(=O)NS(=O)(=O)c1ccccc1C(=O)OCC1=C(C(=O)O)N2C(=O)[C@@H](NC(=O)Cc3cccs3)[C@@H]2SC1. The molecule has 3 amide bonds. The molecule has 0 bridgehead atoms. The first-order valence-corrected chi connectivity index (χ1v) is 15.1. The molecular formula is C24H23N3O10S3. The van der Waals surface area contributed by atoms with E-state index in [1.54, 1.807) is 16.9 Å². The van der Waals surface area contributed by atoms with E-state index < -0.39 is 62.4 Å². The molecule has 40 heavy (non-hydrogen) atoms. The van der Waals surface area contributed by atoms with Gasteiger partial charge in [0.05, 0.1) is 18.6 Å². The Hall–Kier alpha value is -3.89. The third kappa shape index (κ3) is 6.13. The number of amides is 3. The number of carboxylic acid groups (broad SMARTS) is 1. The van der Waals surface area contributed by atoms with E-state index in [0.29, 0.717) is 0 Å². The van der Waals surface area contributed by atoms with Crippen molar-refractivity contribution >= 4 is 63.0 Å². The van der Waals surface area contributed by atoms with Crippen molar-refractivity contribution in [3.63, 3.8) is 0 Å². The third-order valence-corrected chi connectivity index (χ3v) is 9.33. The van der Waals surface area contributed by atoms with E-state index in [2.05, 4.69) is 10.1 Å². The van der Waals surface area contributed by atoms with Crippen molar-refractivity contribution < 1.29 is 47.0 Å². The average molecular weight is 610 g/mol. The van der Waals surface area contributed by atoms with Crippen molar-refractivity contribution in [1.82, 2.24) is 14.9 Å². The number of sulfonamides is 1. The van der Waals surface area contributed by atoms with E-state index in [-0.39, 0.29) is 36.0 Å². The van der Waals surface area contributed by atoms with E-state index in [0.717, 1.165) is 15.8 Å². The zero-order valence-corrected chi connectivity index (χ0v) is 23.3. The van der Waals surface area contributed by atoms with Crippen LogP contribution in [-0.4, -0.2) is 78.7 Å². The molecule has 2 aromatic rings. The molecule has 0 spiro atoms. The number of carbonyl (C=O) groups is 5. The Bertz CT molecular complexity index is 1490. The summed E-state index contributed by atoms with van der Waals surface area (Å²) < 4.78 is 36.8. The highest BCUT2D eigenvalue weighted by atomic mass is 32.2. The number of rotatable bonds is 10. The second-order valence-electron chi connectivity index (χ2n) is 8.37. The van der Waals surface area contributed by atoms with Gasteiger partial charge >= 0.3 is 18.0 Å². The molecule has 3 N–H and O–H groups in total. The number of hydrogen-bond acceptors (Lipinski definition) is 11. The second-order valence-corrected chi connectivity index (χ2v) is 12.2. The minimum atomic E-state index is -4.49. The van der Waals surface area contributed by atoms with Crippen LogP contribution in [-0.2, 0) is 40.3 Å². The summed E-state index contributed by atoms with van der Waals surface area (Å²) in [6.07, 6.45) is -1.13. The smallest absolute Gasteiger partial charge is 0.421 e. The molecule has 0 saturated carbocycles. The number of nitrogens with zero attached hydrogens (tertiary/aromatic N) is 1. The van der Waals surface area contributed by atoms with E-state index in [1.165, 1.54) is 48.2 Å². The van der Waals surface area contributed by atoms with Crippen LogP contribution in [0.1, 0.15) is 22.2 Å². The van der Waals surface area contributed by atoms with Gasteiger partial charge in [-0.05, 0) is 30.5 Å². The maximum absolute atomic E-state index is 12.8. The summed E-state index contributed by atoms with van der Waals surface area (Å²) in [7, 11) is -4.49. The molecule has 1 aromatic heterocycles. The average Bonchev–Trinajstić information content (AvgIpc) is 3.42. The number of hydrogen-bond donors (Lipinski definition) is 3. The molecule has 2 aliphatic rings. The Labute approximate surface area is 236 Å². The summed E-state index contributed by atoms with van der Waals surface area (Å²) in [4.78, 5) is 63.1. The molecule has 212 valence electrons. The zero-order chi connectivity index (χ0) is 29.0. The molecule has 2 aliphatic heterocycles. The lowest BCUT2D eigenvalue weighted by Gasteiger charge is -2.49. The first-order valence-electron chi connectivity index (χ1n) is 11.7. The summed E-state index contributed by atoms with van der Waals surface area (Å²) in [5, 5.41) is 13.7. The van der Waals surface area contributed by atoms with Crippen molar-refractivity contribution in [2.75, 3.05) is 19.0 Å². The maximum atomic E-state index is 12.8. The summed E-state index contributed by atoms with van der Waals surface area (Å²) >= 11 is 2.59. The maximum Gasteiger partial charge on any atom is 0.421 e. The van der Waals surface area contributed by atoms with Crippen molar-refractivity contribution in [2.45, 2.75) is 29.7 Å². The molecule has 0 aliphatic carbocycles. The Morgan fingerprint density at radius 3 is 2.55 bits per heavy atom. The molecule has 16 heteroatoms. The van der Waals surface area contributed by atoms with Crippen LogP contribution in [0.15, 0.2) is 57.9 Å². The Balaban J connectivity index is 1.46. The van der Waals surface area contributed by atoms with Crippen LogP contribution in [0.4, 0.5) is 4.79 Å². The minimum Gasteiger partial charge on any atom is -0.477 e. The number of fused-ring (bicyclic) bond motifs is 1. The zero-order valence-electron chi connectivity index (χ0n) is 20.8. The third-order valence-electron chi connectivity index (χ3n) is 5.75. The van der Waals surface area contributed by atoms with Crippen LogP contribution in [0.25, 0.3) is 0 Å². The van der Waals surface area contributed by atoms with Gasteiger partial charge in [-0.25, -0.2) is 27.5 Å². The van der Waals surface area contributed by atoms with Gasteiger partial charge in [0.2, 0.25) is 5.91 Å². The molecular weight excluding hydrogens is 586 g/mol. The van der Waals surface area contributed by atoms with Gasteiger partial charge in [0, 0.05) is 16.2 Å². The molecule has 0 radical (unpaired) electrons. The standard InChI is InChI=1S/C24H23N3O10S3/c1-2-36-24(33)26-40(34,35)16-8-4-3-7-15(16)23(32)37-11-13-12-39-21-18(20(29)27(21)19(13)22(30)31)25-17(28)10-14-6-5-9-38-14/h3-9,18,21H,2,10-12H2,1H3,(H,25,28)(H,26,33)(H,30,31)/t18-,21+/m1/s1. The van der Waals surface area contributed by atoms with E-state index in [1.807, 2.05) is 5.38 Å². The van der Waals surface area contributed by atoms with Crippen LogP contribution in [0.3, 0.4) is 0 Å². The first kappa shape index (κ1) is 29.1. The van der Waals surface area contributed by atoms with Crippen LogP contribution in [0, 0.1) is 0 Å². The number of aliphatic carboxylic acids is 1. The van der Waals surface area contributed by atoms with Gasteiger partial charge < -0.3 is 19.9 Å². The van der Waals surface area contributed by atoms with Gasteiger partial charge in [-0.15, -0.1) is 23.1 Å². The van der Waals surface area contributed by atoms with Gasteiger partial charge in [-0.3, -0.25) is 14.5 Å². The highest BCUT2D eigenvalue weighted by Gasteiger charge is 2.54. The van der Waals surface area contributed by atoms with Crippen LogP contribution >= 0.6 is 23.1 Å². The quantitative estimate of drug-likeness (QED) is 0.261. The summed E-state index contributed by atoms with van der Waals surface area (Å²) in [6.45, 7) is 0.867. The predicted octanol–water partition coefficient (Wildman–Crippen LogP) is 1.32. The molecule has 0 unspecified atom stereocenters. The number of esters is 1. The Kier molecular flexibility index (Phi) is 8.80. The van der Waals surface area contributed by atoms with Gasteiger partial charge in [0.25, 0.3) is 15.9 Å². The topological polar surface area (TPSA) is 185 Å². The highest BCUT2D eigenvalue weighted by Crippen LogP contribution is 2.40. The monoisotopic (exact) mass is 609 g/mol. The molecule has 3 heterocycles. The second kappa shape index (κ2) is 12.1.